The van der Waals surface area contributed by atoms with Gasteiger partial charge in [-0.25, -0.2) is 0 Å². The maximum absolute atomic E-state index is 5.18. The third kappa shape index (κ3) is 3.84. The van der Waals surface area contributed by atoms with E-state index in [1.165, 1.54) is 11.3 Å². The van der Waals surface area contributed by atoms with Gasteiger partial charge in [0.2, 0.25) is 0 Å². The first kappa shape index (κ1) is 21.5. The van der Waals surface area contributed by atoms with Gasteiger partial charge in [0, 0.05) is 45.3 Å². The van der Waals surface area contributed by atoms with Crippen molar-refractivity contribution in [3.63, 3.8) is 0 Å². The summed E-state index contributed by atoms with van der Waals surface area (Å²) in [6.45, 7) is 9.17. The van der Waals surface area contributed by atoms with E-state index in [2.05, 4.69) is 136 Å². The monoisotopic (exact) mass is 432 g/mol. The molecule has 2 aromatic rings. The lowest BCUT2D eigenvalue weighted by Crippen LogP contribution is -2.28. The van der Waals surface area contributed by atoms with Crippen molar-refractivity contribution in [2.75, 3.05) is 0 Å². The summed E-state index contributed by atoms with van der Waals surface area (Å²) in [4.78, 5) is 8.94. The molecule has 1 aromatic carbocycles. The lowest BCUT2D eigenvalue weighted by molar-refractivity contribution is 0.437. The second-order valence-electron chi connectivity index (χ2n) is 10.3. The van der Waals surface area contributed by atoms with Crippen molar-refractivity contribution >= 4 is 11.3 Å². The highest BCUT2D eigenvalue weighted by Gasteiger charge is 2.34. The van der Waals surface area contributed by atoms with Crippen LogP contribution in [-0.2, 0) is 5.41 Å². The van der Waals surface area contributed by atoms with E-state index in [0.717, 1.165) is 22.7 Å². The Morgan fingerprint density at radius 1 is 0.727 bits per heavy atom. The second-order valence-corrected chi connectivity index (χ2v) is 10.3. The van der Waals surface area contributed by atoms with E-state index < -0.39 is 0 Å². The zero-order chi connectivity index (χ0) is 23.1. The summed E-state index contributed by atoms with van der Waals surface area (Å²) in [7, 11) is 0. The molecule has 0 fully saturated rings. The molecule has 3 aliphatic rings. The molecule has 0 saturated carbocycles. The molecular weight excluding hydrogens is 400 g/mol. The zero-order valence-corrected chi connectivity index (χ0v) is 19.9. The number of aliphatic imine (C=N–C) groups is 1. The lowest BCUT2D eigenvalue weighted by Gasteiger charge is -2.29. The van der Waals surface area contributed by atoms with Crippen LogP contribution >= 0.6 is 0 Å². The van der Waals surface area contributed by atoms with Gasteiger partial charge in [-0.05, 0) is 29.8 Å². The van der Waals surface area contributed by atoms with E-state index in [9.17, 15) is 0 Å². The number of aromatic nitrogens is 1. The van der Waals surface area contributed by atoms with Gasteiger partial charge in [-0.1, -0.05) is 107 Å². The lowest BCUT2D eigenvalue weighted by atomic mass is 9.75. The molecule has 0 saturated heterocycles. The molecule has 2 aliphatic carbocycles. The zero-order valence-electron chi connectivity index (χ0n) is 19.9. The average molecular weight is 433 g/mol. The largest absolute Gasteiger partial charge is 0.358 e. The molecule has 1 aliphatic heterocycles. The predicted octanol–water partition coefficient (Wildman–Crippen LogP) is 7.57. The van der Waals surface area contributed by atoms with Gasteiger partial charge in [0.05, 0.1) is 5.70 Å². The number of hydrogen-bond donors (Lipinski definition) is 1. The molecule has 2 heterocycles. The molecule has 2 nitrogen and oxygen atoms in total. The number of H-pyrrole nitrogens is 1. The van der Waals surface area contributed by atoms with Gasteiger partial charge in [0.1, 0.15) is 0 Å². The van der Waals surface area contributed by atoms with Crippen molar-refractivity contribution in [3.8, 4) is 0 Å². The summed E-state index contributed by atoms with van der Waals surface area (Å²) in [5, 5.41) is 0. The Morgan fingerprint density at radius 3 is 1.97 bits per heavy atom. The molecule has 166 valence electrons. The number of aromatic amines is 1. The van der Waals surface area contributed by atoms with E-state index in [4.69, 9.17) is 4.99 Å². The number of hydrogen-bond acceptors (Lipinski definition) is 1. The summed E-state index contributed by atoms with van der Waals surface area (Å²) < 4.78 is 0. The summed E-state index contributed by atoms with van der Waals surface area (Å²) in [5.41, 5.74) is 6.73. The number of allylic oxidation sites excluding steroid dienone is 10. The van der Waals surface area contributed by atoms with Gasteiger partial charge in [0.15, 0.2) is 0 Å². The minimum Gasteiger partial charge on any atom is -0.358 e. The Labute approximate surface area is 197 Å². The normalized spacial score (nSPS) is 19.8. The summed E-state index contributed by atoms with van der Waals surface area (Å²) in [5.74, 6) is 0.756. The second kappa shape index (κ2) is 8.19. The van der Waals surface area contributed by atoms with Crippen LogP contribution in [0.3, 0.4) is 0 Å². The van der Waals surface area contributed by atoms with Crippen LogP contribution in [0.4, 0.5) is 0 Å². The van der Waals surface area contributed by atoms with Crippen molar-refractivity contribution < 1.29 is 0 Å². The first-order valence-electron chi connectivity index (χ1n) is 11.8. The van der Waals surface area contributed by atoms with Gasteiger partial charge < -0.3 is 4.98 Å². The molecule has 0 spiro atoms. The van der Waals surface area contributed by atoms with Crippen LogP contribution in [0.15, 0.2) is 114 Å². The molecule has 0 unspecified atom stereocenters. The fourth-order valence-corrected chi connectivity index (χ4v) is 5.00. The van der Waals surface area contributed by atoms with Crippen LogP contribution in [0.5, 0.6) is 0 Å². The van der Waals surface area contributed by atoms with Crippen molar-refractivity contribution in [3.05, 3.63) is 126 Å². The first-order chi connectivity index (χ1) is 15.9. The topological polar surface area (TPSA) is 28.1 Å². The molecule has 0 bridgehead atoms. The van der Waals surface area contributed by atoms with Crippen molar-refractivity contribution in [2.24, 2.45) is 22.2 Å². The molecule has 1 aromatic heterocycles. The molecular formula is C31H32N2. The summed E-state index contributed by atoms with van der Waals surface area (Å²) in [6, 6.07) is 15.0. The minimum absolute atomic E-state index is 0.0166. The van der Waals surface area contributed by atoms with E-state index in [1.807, 2.05) is 0 Å². The molecule has 0 atom stereocenters. The minimum atomic E-state index is -0.0619. The van der Waals surface area contributed by atoms with Gasteiger partial charge in [0.25, 0.3) is 0 Å². The number of nitrogens with zero attached hydrogens (tertiary/aromatic N) is 1. The van der Waals surface area contributed by atoms with E-state index in [0.29, 0.717) is 11.8 Å². The predicted molar refractivity (Wildman–Crippen MR) is 140 cm³/mol. The first-order valence-corrected chi connectivity index (χ1v) is 11.8. The number of nitrogens with one attached hydrogen (secondary N) is 1. The maximum Gasteiger partial charge on any atom is 0.0733 e. The van der Waals surface area contributed by atoms with Gasteiger partial charge >= 0.3 is 0 Å². The van der Waals surface area contributed by atoms with Crippen molar-refractivity contribution in [1.82, 2.24) is 4.98 Å². The Bertz CT molecular complexity index is 1230. The molecule has 0 amide bonds. The Kier molecular flexibility index (Phi) is 5.32. The van der Waals surface area contributed by atoms with Gasteiger partial charge in [-0.15, -0.1) is 0 Å². The smallest absolute Gasteiger partial charge is 0.0733 e. The quantitative estimate of drug-likeness (QED) is 0.487. The van der Waals surface area contributed by atoms with Crippen molar-refractivity contribution in [1.29, 1.82) is 0 Å². The molecule has 33 heavy (non-hydrogen) atoms. The Balaban J connectivity index is 1.58. The Hall–Kier alpha value is -3.39. The average Bonchev–Trinajstić information content (AvgIpc) is 3.62. The fourth-order valence-electron chi connectivity index (χ4n) is 5.00. The Morgan fingerprint density at radius 2 is 1.33 bits per heavy atom. The molecule has 2 heteroatoms. The molecule has 1 N–H and O–H groups in total. The van der Waals surface area contributed by atoms with E-state index >= 15 is 0 Å². The third-order valence-corrected chi connectivity index (χ3v) is 7.43. The summed E-state index contributed by atoms with van der Waals surface area (Å²) in [6.07, 6.45) is 22.0. The van der Waals surface area contributed by atoms with Crippen LogP contribution in [0.1, 0.15) is 44.6 Å². The van der Waals surface area contributed by atoms with E-state index in [1.54, 1.807) is 0 Å². The van der Waals surface area contributed by atoms with Crippen molar-refractivity contribution in [2.45, 2.75) is 33.1 Å². The van der Waals surface area contributed by atoms with Crippen LogP contribution in [0, 0.1) is 17.3 Å². The SMILES string of the molecule is CC(C)(C1=N/C(=C(/c2ccccc2)c2ccc(C(C)(C)C3C=CC=C3)[nH]2)C=C1)C1C=CC=C1. The van der Waals surface area contributed by atoms with E-state index in [-0.39, 0.29) is 10.8 Å². The van der Waals surface area contributed by atoms with Crippen LogP contribution < -0.4 is 0 Å². The highest BCUT2D eigenvalue weighted by molar-refractivity contribution is 6.04. The van der Waals surface area contributed by atoms with Crippen LogP contribution in [-0.4, -0.2) is 10.7 Å². The van der Waals surface area contributed by atoms with Crippen LogP contribution in [0.2, 0.25) is 0 Å². The fraction of sp³-hybridized carbons (Fsp3) is 0.258. The van der Waals surface area contributed by atoms with Gasteiger partial charge in [-0.3, -0.25) is 4.99 Å². The molecule has 5 rings (SSSR count). The number of benzene rings is 1. The van der Waals surface area contributed by atoms with Crippen LogP contribution in [0.25, 0.3) is 5.57 Å². The molecule has 0 radical (unpaired) electrons. The number of rotatable bonds is 6. The third-order valence-electron chi connectivity index (χ3n) is 7.43. The van der Waals surface area contributed by atoms with Gasteiger partial charge in [-0.2, -0.15) is 0 Å². The highest BCUT2D eigenvalue weighted by atomic mass is 14.8. The summed E-state index contributed by atoms with van der Waals surface area (Å²) >= 11 is 0. The standard InChI is InChI=1S/C31H32N2/c1-30(2,23-14-8-9-15-23)27-20-18-25(32-27)29(22-12-6-5-7-13-22)26-19-21-28(33-26)31(3,4)24-16-10-11-17-24/h5-21,23-24,32H,1-4H3/b29-26-. The highest BCUT2D eigenvalue weighted by Crippen LogP contribution is 2.40. The maximum atomic E-state index is 5.18.